The van der Waals surface area contributed by atoms with Gasteiger partial charge in [-0.2, -0.15) is 4.99 Å². The molecule has 6 nitrogen and oxygen atoms in total. The summed E-state index contributed by atoms with van der Waals surface area (Å²) < 4.78 is 13.2. The second kappa shape index (κ2) is 7.17. The van der Waals surface area contributed by atoms with Crippen LogP contribution in [-0.4, -0.2) is 29.7 Å². The smallest absolute Gasteiger partial charge is 0.326 e. The van der Waals surface area contributed by atoms with E-state index in [-0.39, 0.29) is 24.3 Å². The van der Waals surface area contributed by atoms with Crippen molar-refractivity contribution in [1.82, 2.24) is 4.57 Å². The molecule has 128 valence electrons. The Kier molecular flexibility index (Phi) is 4.99. The molecule has 1 aromatic carbocycles. The summed E-state index contributed by atoms with van der Waals surface area (Å²) in [6.07, 6.45) is 1.80. The number of hydrogen-bond donors (Lipinski definition) is 0. The van der Waals surface area contributed by atoms with Gasteiger partial charge in [0.1, 0.15) is 12.3 Å². The van der Waals surface area contributed by atoms with Gasteiger partial charge in [-0.05, 0) is 44.9 Å². The zero-order valence-electron chi connectivity index (χ0n) is 13.8. The van der Waals surface area contributed by atoms with E-state index in [1.165, 1.54) is 11.3 Å². The van der Waals surface area contributed by atoms with Crippen LogP contribution in [0.3, 0.4) is 0 Å². The first kappa shape index (κ1) is 16.7. The molecular weight excluding hydrogens is 328 g/mol. The lowest BCUT2D eigenvalue weighted by Gasteiger charge is -2.06. The molecule has 1 amide bonds. The van der Waals surface area contributed by atoms with Crippen LogP contribution >= 0.6 is 11.3 Å². The van der Waals surface area contributed by atoms with E-state index in [1.54, 1.807) is 11.5 Å². The standard InChI is InChI=1S/C17H20N2O4S/c1-3-22-12-7-8-13-14(9-12)24-17(18-16(21)11-5-6-11)19(13)10-15(20)23-4-2/h7-9,11H,3-6,10H2,1-2H3. The summed E-state index contributed by atoms with van der Waals surface area (Å²) in [6, 6.07) is 5.65. The van der Waals surface area contributed by atoms with Gasteiger partial charge in [0.2, 0.25) is 0 Å². The highest BCUT2D eigenvalue weighted by Gasteiger charge is 2.29. The fourth-order valence-electron chi connectivity index (χ4n) is 2.40. The van der Waals surface area contributed by atoms with Crippen molar-refractivity contribution in [1.29, 1.82) is 0 Å². The molecule has 0 N–H and O–H groups in total. The molecule has 7 heteroatoms. The molecule has 1 aliphatic carbocycles. The highest BCUT2D eigenvalue weighted by Crippen LogP contribution is 2.30. The molecule has 0 bridgehead atoms. The quantitative estimate of drug-likeness (QED) is 0.752. The minimum Gasteiger partial charge on any atom is -0.494 e. The maximum Gasteiger partial charge on any atom is 0.326 e. The number of fused-ring (bicyclic) bond motifs is 1. The predicted molar refractivity (Wildman–Crippen MR) is 90.9 cm³/mol. The van der Waals surface area contributed by atoms with Gasteiger partial charge >= 0.3 is 5.97 Å². The highest BCUT2D eigenvalue weighted by molar-refractivity contribution is 7.16. The summed E-state index contributed by atoms with van der Waals surface area (Å²) in [4.78, 5) is 28.8. The van der Waals surface area contributed by atoms with Crippen LogP contribution in [0.5, 0.6) is 5.75 Å². The molecule has 0 aliphatic heterocycles. The summed E-state index contributed by atoms with van der Waals surface area (Å²) in [5, 5.41) is 0. The number of hydrogen-bond acceptors (Lipinski definition) is 5. The van der Waals surface area contributed by atoms with E-state index < -0.39 is 0 Å². The monoisotopic (exact) mass is 348 g/mol. The Morgan fingerprint density at radius 3 is 2.75 bits per heavy atom. The predicted octanol–water partition coefficient (Wildman–Crippen LogP) is 2.50. The average molecular weight is 348 g/mol. The van der Waals surface area contributed by atoms with E-state index in [4.69, 9.17) is 9.47 Å². The van der Waals surface area contributed by atoms with Gasteiger partial charge in [0.05, 0.1) is 23.4 Å². The van der Waals surface area contributed by atoms with Gasteiger partial charge in [0, 0.05) is 5.92 Å². The third-order valence-electron chi connectivity index (χ3n) is 3.69. The van der Waals surface area contributed by atoms with Crippen molar-refractivity contribution < 1.29 is 19.1 Å². The van der Waals surface area contributed by atoms with Crippen LogP contribution in [0, 0.1) is 5.92 Å². The van der Waals surface area contributed by atoms with Crippen LogP contribution in [0.15, 0.2) is 23.2 Å². The van der Waals surface area contributed by atoms with Crippen LogP contribution in [-0.2, 0) is 20.9 Å². The third kappa shape index (κ3) is 3.67. The number of carbonyl (C=O) groups excluding carboxylic acids is 2. The summed E-state index contributed by atoms with van der Waals surface area (Å²) in [7, 11) is 0. The Labute approximate surface area is 143 Å². The number of ether oxygens (including phenoxy) is 2. The molecule has 0 spiro atoms. The van der Waals surface area contributed by atoms with Crippen LogP contribution in [0.1, 0.15) is 26.7 Å². The fraction of sp³-hybridized carbons (Fsp3) is 0.471. The van der Waals surface area contributed by atoms with Crippen LogP contribution in [0.4, 0.5) is 0 Å². The van der Waals surface area contributed by atoms with E-state index in [1.807, 2.05) is 25.1 Å². The van der Waals surface area contributed by atoms with E-state index in [9.17, 15) is 9.59 Å². The highest BCUT2D eigenvalue weighted by atomic mass is 32.1. The lowest BCUT2D eigenvalue weighted by atomic mass is 10.3. The Balaban J connectivity index is 2.05. The SMILES string of the molecule is CCOC(=O)Cn1c(=NC(=O)C2CC2)sc2cc(OCC)ccc21. The first-order valence-electron chi connectivity index (χ1n) is 8.12. The summed E-state index contributed by atoms with van der Waals surface area (Å²) in [5.41, 5.74) is 0.846. The van der Waals surface area contributed by atoms with E-state index in [2.05, 4.69) is 4.99 Å². The van der Waals surface area contributed by atoms with Crippen LogP contribution < -0.4 is 9.54 Å². The Morgan fingerprint density at radius 2 is 2.08 bits per heavy atom. The number of carbonyl (C=O) groups is 2. The molecule has 3 rings (SSSR count). The number of benzene rings is 1. The molecular formula is C17H20N2O4S. The van der Waals surface area contributed by atoms with Gasteiger partial charge < -0.3 is 14.0 Å². The summed E-state index contributed by atoms with van der Waals surface area (Å²) >= 11 is 1.39. The lowest BCUT2D eigenvalue weighted by Crippen LogP contribution is -2.23. The maximum absolute atomic E-state index is 12.1. The number of amides is 1. The lowest BCUT2D eigenvalue weighted by molar-refractivity contribution is -0.143. The number of rotatable bonds is 6. The van der Waals surface area contributed by atoms with Crippen LogP contribution in [0.25, 0.3) is 10.2 Å². The van der Waals surface area contributed by atoms with Crippen molar-refractivity contribution in [3.8, 4) is 5.75 Å². The molecule has 1 saturated carbocycles. The minimum absolute atomic E-state index is 0.0403. The number of thiazole rings is 1. The van der Waals surface area contributed by atoms with Crippen molar-refractivity contribution in [3.05, 3.63) is 23.0 Å². The zero-order valence-corrected chi connectivity index (χ0v) is 14.6. The van der Waals surface area contributed by atoms with Gasteiger partial charge in [0.25, 0.3) is 5.91 Å². The molecule has 2 aromatic rings. The number of nitrogens with zero attached hydrogens (tertiary/aromatic N) is 2. The van der Waals surface area contributed by atoms with Gasteiger partial charge in [-0.1, -0.05) is 11.3 Å². The number of aromatic nitrogens is 1. The molecule has 24 heavy (non-hydrogen) atoms. The zero-order chi connectivity index (χ0) is 17.1. The second-order valence-corrected chi connectivity index (χ2v) is 6.57. The Hall–Kier alpha value is -2.15. The summed E-state index contributed by atoms with van der Waals surface area (Å²) in [6.45, 7) is 4.64. The Morgan fingerprint density at radius 1 is 1.29 bits per heavy atom. The minimum atomic E-state index is -0.341. The van der Waals surface area contributed by atoms with Gasteiger partial charge in [-0.3, -0.25) is 9.59 Å². The van der Waals surface area contributed by atoms with Crippen LogP contribution in [0.2, 0.25) is 0 Å². The van der Waals surface area contributed by atoms with Gasteiger partial charge in [0.15, 0.2) is 4.80 Å². The molecule has 0 unspecified atom stereocenters. The van der Waals surface area contributed by atoms with Crippen molar-refractivity contribution in [2.45, 2.75) is 33.2 Å². The van der Waals surface area contributed by atoms with Gasteiger partial charge in [-0.25, -0.2) is 0 Å². The normalized spacial score (nSPS) is 14.8. The molecule has 1 heterocycles. The van der Waals surface area contributed by atoms with Crippen molar-refractivity contribution in [3.63, 3.8) is 0 Å². The molecule has 1 fully saturated rings. The molecule has 0 atom stereocenters. The van der Waals surface area contributed by atoms with E-state index in [0.717, 1.165) is 28.8 Å². The second-order valence-electron chi connectivity index (χ2n) is 5.56. The van der Waals surface area contributed by atoms with Crippen molar-refractivity contribution in [2.24, 2.45) is 10.9 Å². The first-order chi connectivity index (χ1) is 11.6. The molecule has 0 radical (unpaired) electrons. The van der Waals surface area contributed by atoms with E-state index >= 15 is 0 Å². The molecule has 1 aliphatic rings. The van der Waals surface area contributed by atoms with Gasteiger partial charge in [-0.15, -0.1) is 0 Å². The third-order valence-corrected chi connectivity index (χ3v) is 4.73. The number of esters is 1. The van der Waals surface area contributed by atoms with Crippen molar-refractivity contribution in [2.75, 3.05) is 13.2 Å². The largest absolute Gasteiger partial charge is 0.494 e. The van der Waals surface area contributed by atoms with E-state index in [0.29, 0.717) is 18.0 Å². The first-order valence-corrected chi connectivity index (χ1v) is 8.94. The summed E-state index contributed by atoms with van der Waals surface area (Å²) in [5.74, 6) is 0.357. The molecule has 0 saturated heterocycles. The average Bonchev–Trinajstić information content (AvgIpc) is 3.34. The van der Waals surface area contributed by atoms with Crippen molar-refractivity contribution >= 4 is 33.4 Å². The topological polar surface area (TPSA) is 69.9 Å². The maximum atomic E-state index is 12.1. The Bertz CT molecular complexity index is 833. The molecule has 1 aromatic heterocycles. The fourth-order valence-corrected chi connectivity index (χ4v) is 3.46.